The van der Waals surface area contributed by atoms with Crippen LogP contribution < -0.4 is 25.0 Å². The number of hydrogen-bond donors (Lipinski definition) is 1. The maximum atomic E-state index is 11.2. The fraction of sp³-hybridized carbons (Fsp3) is 0.667. The predicted octanol–water partition coefficient (Wildman–Crippen LogP) is -4.03. The van der Waals surface area contributed by atoms with Gasteiger partial charge in [-0.25, -0.2) is 0 Å². The molecule has 0 aromatic carbocycles. The quantitative estimate of drug-likeness (QED) is 0.240. The van der Waals surface area contributed by atoms with Gasteiger partial charge in [0, 0.05) is 0 Å². The molecule has 5 heteroatoms. The van der Waals surface area contributed by atoms with Gasteiger partial charge in [-0.2, -0.15) is 0 Å². The van der Waals surface area contributed by atoms with Crippen molar-refractivity contribution in [2.75, 3.05) is 12.0 Å². The maximum absolute atomic E-state index is 11.2. The van der Waals surface area contributed by atoms with Crippen molar-refractivity contribution in [1.29, 1.82) is 0 Å². The second kappa shape index (κ2) is 3.48. The fourth-order valence-electron chi connectivity index (χ4n) is 0.972. The van der Waals surface area contributed by atoms with Crippen LogP contribution in [0.1, 0.15) is 6.42 Å². The average molecular weight is 269 g/mol. The summed E-state index contributed by atoms with van der Waals surface area (Å²) in [5.74, 6) is -0.165. The average Bonchev–Trinajstić information content (AvgIpc) is 2.19. The van der Waals surface area contributed by atoms with Crippen molar-refractivity contribution < 1.29 is 31.1 Å². The molecule has 0 spiro atoms. The number of carbonyl (C=O) groups is 2. The van der Waals surface area contributed by atoms with E-state index in [-0.39, 0.29) is 39.3 Å². The summed E-state index contributed by atoms with van der Waals surface area (Å²) in [4.78, 5) is 25.3. The van der Waals surface area contributed by atoms with Crippen LogP contribution >= 0.6 is 0 Å². The van der Waals surface area contributed by atoms with E-state index in [1.165, 1.54) is 11.9 Å². The molecule has 1 N–H and O–H groups in total. The van der Waals surface area contributed by atoms with E-state index in [0.717, 1.165) is 0 Å². The van der Waals surface area contributed by atoms with Crippen molar-refractivity contribution in [3.63, 3.8) is 0 Å². The third kappa shape index (κ3) is 1.70. The standard InChI is InChI=1S/C6H10IN2O2/c1-7-8-4-3-5(10)9(2)6(4)11/h4,8H,3H2,1-2H3/q-1. The van der Waals surface area contributed by atoms with Crippen molar-refractivity contribution in [3.05, 3.63) is 0 Å². The molecular weight excluding hydrogens is 259 g/mol. The third-order valence-electron chi connectivity index (χ3n) is 1.62. The molecule has 0 saturated carbocycles. The molecule has 1 atom stereocenters. The zero-order valence-electron chi connectivity index (χ0n) is 6.43. The molecule has 1 unspecified atom stereocenters. The van der Waals surface area contributed by atoms with E-state index < -0.39 is 0 Å². The van der Waals surface area contributed by atoms with Gasteiger partial charge in [-0.3, -0.25) is 0 Å². The summed E-state index contributed by atoms with van der Waals surface area (Å²) in [6.07, 6.45) is 0.336. The van der Waals surface area contributed by atoms with Crippen LogP contribution in [0.5, 0.6) is 0 Å². The van der Waals surface area contributed by atoms with E-state index in [0.29, 0.717) is 6.42 Å². The van der Waals surface area contributed by atoms with Gasteiger partial charge in [0.05, 0.1) is 0 Å². The Morgan fingerprint density at radius 2 is 2.27 bits per heavy atom. The summed E-state index contributed by atoms with van der Waals surface area (Å²) in [6.45, 7) is 0. The number of halogens is 1. The van der Waals surface area contributed by atoms with E-state index >= 15 is 0 Å². The Balaban J connectivity index is 2.60. The third-order valence-corrected chi connectivity index (χ3v) is 3.00. The zero-order valence-corrected chi connectivity index (χ0v) is 8.58. The molecule has 64 valence electrons. The molecule has 1 fully saturated rings. The van der Waals surface area contributed by atoms with Crippen molar-refractivity contribution in [2.24, 2.45) is 0 Å². The van der Waals surface area contributed by atoms with E-state index in [1.54, 1.807) is 0 Å². The molecule has 1 aliphatic heterocycles. The molecule has 1 saturated heterocycles. The second-order valence-corrected chi connectivity index (χ2v) is 4.05. The number of likely N-dealkylation sites (tertiary alicyclic amines) is 1. The Morgan fingerprint density at radius 1 is 1.64 bits per heavy atom. The molecular formula is C6H10IN2O2-. The first-order valence-corrected chi connectivity index (χ1v) is 6.45. The van der Waals surface area contributed by atoms with Gasteiger partial charge < -0.3 is 0 Å². The summed E-state index contributed by atoms with van der Waals surface area (Å²) in [6, 6.07) is -0.231. The van der Waals surface area contributed by atoms with Crippen molar-refractivity contribution in [3.8, 4) is 0 Å². The number of likely N-dealkylation sites (N-methyl/N-ethyl adjacent to an activating group) is 1. The van der Waals surface area contributed by atoms with Gasteiger partial charge >= 0.3 is 75.8 Å². The first-order valence-electron chi connectivity index (χ1n) is 3.21. The topological polar surface area (TPSA) is 49.4 Å². The summed E-state index contributed by atoms with van der Waals surface area (Å²) in [5.41, 5.74) is 0. The first-order chi connectivity index (χ1) is 5.16. The summed E-state index contributed by atoms with van der Waals surface area (Å²) < 4.78 is 3.05. The summed E-state index contributed by atoms with van der Waals surface area (Å²) in [7, 11) is 1.53. The minimum atomic E-state index is -0.231. The number of nitrogens with zero attached hydrogens (tertiary/aromatic N) is 1. The van der Waals surface area contributed by atoms with Crippen LogP contribution in [0.4, 0.5) is 0 Å². The second-order valence-electron chi connectivity index (χ2n) is 2.35. The Kier molecular flexibility index (Phi) is 2.83. The number of imide groups is 1. The minimum absolute atomic E-state index is 0.0787. The number of alkyl halides is 1. The molecule has 0 aromatic heterocycles. The van der Waals surface area contributed by atoms with Crippen LogP contribution in [0.2, 0.25) is 0 Å². The molecule has 1 rings (SSSR count). The number of amides is 2. The van der Waals surface area contributed by atoms with Crippen LogP contribution in [0.15, 0.2) is 0 Å². The predicted molar refractivity (Wildman–Crippen MR) is 35.2 cm³/mol. The van der Waals surface area contributed by atoms with Gasteiger partial charge in [0.25, 0.3) is 0 Å². The summed E-state index contributed by atoms with van der Waals surface area (Å²) in [5, 5.41) is 0. The molecule has 1 heterocycles. The number of carbonyl (C=O) groups excluding carboxylic acids is 2. The van der Waals surface area contributed by atoms with Crippen LogP contribution in [0.3, 0.4) is 0 Å². The SMILES string of the molecule is C[I-]NC1CC(=O)N(C)C1=O. The number of hydrogen-bond acceptors (Lipinski definition) is 3. The van der Waals surface area contributed by atoms with Gasteiger partial charge in [0.2, 0.25) is 0 Å². The number of nitrogens with one attached hydrogen (secondary N) is 1. The van der Waals surface area contributed by atoms with Gasteiger partial charge in [-0.15, -0.1) is 0 Å². The van der Waals surface area contributed by atoms with Crippen molar-refractivity contribution >= 4 is 11.8 Å². The fourth-order valence-corrected chi connectivity index (χ4v) is 2.21. The van der Waals surface area contributed by atoms with Gasteiger partial charge in [0.15, 0.2) is 0 Å². The molecule has 1 aliphatic rings. The van der Waals surface area contributed by atoms with Crippen LogP contribution in [0, 0.1) is 0 Å². The molecule has 0 aromatic rings. The van der Waals surface area contributed by atoms with Gasteiger partial charge in [-0.05, 0) is 0 Å². The van der Waals surface area contributed by atoms with Crippen LogP contribution in [-0.2, 0) is 9.59 Å². The van der Waals surface area contributed by atoms with E-state index in [9.17, 15) is 9.59 Å². The molecule has 2 amide bonds. The van der Waals surface area contributed by atoms with Crippen molar-refractivity contribution in [2.45, 2.75) is 12.5 Å². The van der Waals surface area contributed by atoms with Crippen LogP contribution in [-0.4, -0.2) is 34.7 Å². The molecule has 11 heavy (non-hydrogen) atoms. The molecule has 0 radical (unpaired) electrons. The van der Waals surface area contributed by atoms with E-state index in [4.69, 9.17) is 0 Å². The Morgan fingerprint density at radius 3 is 2.64 bits per heavy atom. The van der Waals surface area contributed by atoms with Gasteiger partial charge in [0.1, 0.15) is 0 Å². The Bertz CT molecular complexity index is 195. The normalized spacial score (nSPS) is 25.3. The van der Waals surface area contributed by atoms with E-state index in [2.05, 4.69) is 3.53 Å². The summed E-state index contributed by atoms with van der Waals surface area (Å²) >= 11 is -0.121. The first kappa shape index (κ1) is 8.92. The van der Waals surface area contributed by atoms with Crippen LogP contribution in [0.25, 0.3) is 0 Å². The monoisotopic (exact) mass is 269 g/mol. The zero-order chi connectivity index (χ0) is 8.43. The van der Waals surface area contributed by atoms with E-state index in [1.807, 2.05) is 4.93 Å². The Hall–Kier alpha value is -0.170. The molecule has 0 bridgehead atoms. The Labute approximate surface area is 75.9 Å². The number of rotatable bonds is 2. The molecule has 0 aliphatic carbocycles. The van der Waals surface area contributed by atoms with Gasteiger partial charge in [-0.1, -0.05) is 0 Å². The molecule has 4 nitrogen and oxygen atoms in total. The van der Waals surface area contributed by atoms with Crippen molar-refractivity contribution in [1.82, 2.24) is 8.43 Å².